The van der Waals surface area contributed by atoms with Crippen LogP contribution >= 0.6 is 11.6 Å². The van der Waals surface area contributed by atoms with Gasteiger partial charge in [-0.05, 0) is 51.7 Å². The fourth-order valence-corrected chi connectivity index (χ4v) is 2.72. The van der Waals surface area contributed by atoms with Gasteiger partial charge in [0, 0.05) is 5.56 Å². The smallest absolute Gasteiger partial charge is 0.141 e. The van der Waals surface area contributed by atoms with Crippen molar-refractivity contribution in [2.75, 3.05) is 7.11 Å². The molecule has 2 nitrogen and oxygen atoms in total. The molecule has 94 valence electrons. The third kappa shape index (κ3) is 1.99. The number of fused-ring (bicyclic) bond motifs is 1. The lowest BCUT2D eigenvalue weighted by Crippen LogP contribution is -2.33. The van der Waals surface area contributed by atoms with Crippen molar-refractivity contribution < 1.29 is 9.47 Å². The van der Waals surface area contributed by atoms with Crippen LogP contribution in [0.4, 0.5) is 0 Å². The van der Waals surface area contributed by atoms with Crippen LogP contribution in [0.5, 0.6) is 11.5 Å². The summed E-state index contributed by atoms with van der Waals surface area (Å²) in [6.45, 7) is 8.31. The van der Waals surface area contributed by atoms with E-state index >= 15 is 0 Å². The highest BCUT2D eigenvalue weighted by molar-refractivity contribution is 6.33. The van der Waals surface area contributed by atoms with Gasteiger partial charge in [-0.15, -0.1) is 0 Å². The van der Waals surface area contributed by atoms with Crippen LogP contribution in [0, 0.1) is 13.8 Å². The molecule has 0 amide bonds. The molecule has 1 aromatic carbocycles. The van der Waals surface area contributed by atoms with Crippen LogP contribution in [0.2, 0.25) is 5.02 Å². The van der Waals surface area contributed by atoms with Crippen LogP contribution in [0.15, 0.2) is 0 Å². The van der Waals surface area contributed by atoms with Crippen LogP contribution in [0.25, 0.3) is 0 Å². The molecule has 1 aliphatic rings. The van der Waals surface area contributed by atoms with Gasteiger partial charge < -0.3 is 9.47 Å². The summed E-state index contributed by atoms with van der Waals surface area (Å²) in [5.74, 6) is 1.73. The van der Waals surface area contributed by atoms with E-state index in [4.69, 9.17) is 21.1 Å². The Hall–Kier alpha value is -0.890. The summed E-state index contributed by atoms with van der Waals surface area (Å²) in [7, 11) is 1.66. The number of hydrogen-bond donors (Lipinski definition) is 0. The van der Waals surface area contributed by atoms with E-state index in [1.165, 1.54) is 0 Å². The average Bonchev–Trinajstić information content (AvgIpc) is 2.26. The maximum absolute atomic E-state index is 6.39. The largest absolute Gasteiger partial charge is 0.495 e. The Kier molecular flexibility index (Phi) is 3.03. The van der Waals surface area contributed by atoms with E-state index in [0.717, 1.165) is 41.0 Å². The molecule has 0 N–H and O–H groups in total. The molecule has 0 saturated heterocycles. The van der Waals surface area contributed by atoms with Crippen molar-refractivity contribution in [3.05, 3.63) is 21.7 Å². The second kappa shape index (κ2) is 4.09. The minimum Gasteiger partial charge on any atom is -0.495 e. The summed E-state index contributed by atoms with van der Waals surface area (Å²) >= 11 is 6.39. The number of methoxy groups -OCH3 is 1. The standard InChI is InChI=1S/C14H19ClO2/c1-8-9(2)13(16-5)11(15)10-6-7-14(3,4)17-12(8)10/h6-7H2,1-5H3. The number of hydrogen-bond acceptors (Lipinski definition) is 2. The van der Waals surface area contributed by atoms with E-state index in [9.17, 15) is 0 Å². The van der Waals surface area contributed by atoms with E-state index < -0.39 is 0 Å². The number of rotatable bonds is 1. The minimum atomic E-state index is -0.109. The molecule has 0 radical (unpaired) electrons. The summed E-state index contributed by atoms with van der Waals surface area (Å²) in [6.07, 6.45) is 1.92. The van der Waals surface area contributed by atoms with Gasteiger partial charge in [-0.25, -0.2) is 0 Å². The predicted octanol–water partition coefficient (Wildman–Crippen LogP) is 4.07. The first-order valence-corrected chi connectivity index (χ1v) is 6.29. The van der Waals surface area contributed by atoms with Crippen molar-refractivity contribution in [3.63, 3.8) is 0 Å². The Bertz CT molecular complexity index is 464. The van der Waals surface area contributed by atoms with Crippen molar-refractivity contribution in [1.82, 2.24) is 0 Å². The van der Waals surface area contributed by atoms with Gasteiger partial charge >= 0.3 is 0 Å². The van der Waals surface area contributed by atoms with Gasteiger partial charge in [-0.2, -0.15) is 0 Å². The Labute approximate surface area is 108 Å². The number of benzene rings is 1. The van der Waals surface area contributed by atoms with Crippen LogP contribution in [-0.2, 0) is 6.42 Å². The highest BCUT2D eigenvalue weighted by Crippen LogP contribution is 2.46. The van der Waals surface area contributed by atoms with E-state index in [0.29, 0.717) is 5.02 Å². The lowest BCUT2D eigenvalue weighted by atomic mass is 9.91. The Balaban J connectivity index is 2.64. The Morgan fingerprint density at radius 2 is 1.88 bits per heavy atom. The maximum Gasteiger partial charge on any atom is 0.141 e. The van der Waals surface area contributed by atoms with Crippen LogP contribution < -0.4 is 9.47 Å². The lowest BCUT2D eigenvalue weighted by Gasteiger charge is -2.35. The molecule has 1 aromatic rings. The number of halogens is 1. The summed E-state index contributed by atoms with van der Waals surface area (Å²) in [5, 5.41) is 0.709. The van der Waals surface area contributed by atoms with Gasteiger partial charge in [0.05, 0.1) is 12.1 Å². The molecule has 0 spiro atoms. The molecule has 0 aliphatic carbocycles. The Morgan fingerprint density at radius 3 is 2.47 bits per heavy atom. The van der Waals surface area contributed by atoms with E-state index in [1.807, 2.05) is 6.92 Å². The van der Waals surface area contributed by atoms with Gasteiger partial charge in [0.2, 0.25) is 0 Å². The summed E-state index contributed by atoms with van der Waals surface area (Å²) in [6, 6.07) is 0. The second-order valence-electron chi connectivity index (χ2n) is 5.27. The highest BCUT2D eigenvalue weighted by Gasteiger charge is 2.31. The normalized spacial score (nSPS) is 17.3. The van der Waals surface area contributed by atoms with Crippen molar-refractivity contribution in [1.29, 1.82) is 0 Å². The fourth-order valence-electron chi connectivity index (χ4n) is 2.33. The third-order valence-corrected chi connectivity index (χ3v) is 3.94. The molecule has 0 unspecified atom stereocenters. The molecule has 0 fully saturated rings. The average molecular weight is 255 g/mol. The third-order valence-electron chi connectivity index (χ3n) is 3.54. The first-order valence-electron chi connectivity index (χ1n) is 5.92. The zero-order valence-corrected chi connectivity index (χ0v) is 11.9. The first-order chi connectivity index (χ1) is 7.87. The summed E-state index contributed by atoms with van der Waals surface area (Å²) in [5.41, 5.74) is 3.18. The van der Waals surface area contributed by atoms with Crippen LogP contribution in [-0.4, -0.2) is 12.7 Å². The van der Waals surface area contributed by atoms with Gasteiger partial charge in [-0.3, -0.25) is 0 Å². The molecule has 0 bridgehead atoms. The molecule has 0 aromatic heterocycles. The van der Waals surface area contributed by atoms with E-state index in [-0.39, 0.29) is 5.60 Å². The zero-order valence-electron chi connectivity index (χ0n) is 11.1. The van der Waals surface area contributed by atoms with Gasteiger partial charge in [0.1, 0.15) is 17.1 Å². The quantitative estimate of drug-likeness (QED) is 0.752. The van der Waals surface area contributed by atoms with E-state index in [1.54, 1.807) is 7.11 Å². The van der Waals surface area contributed by atoms with E-state index in [2.05, 4.69) is 20.8 Å². The fraction of sp³-hybridized carbons (Fsp3) is 0.571. The molecular formula is C14H19ClO2. The molecule has 1 aliphatic heterocycles. The lowest BCUT2D eigenvalue weighted by molar-refractivity contribution is 0.0834. The maximum atomic E-state index is 6.39. The molecule has 3 heteroatoms. The highest BCUT2D eigenvalue weighted by atomic mass is 35.5. The van der Waals surface area contributed by atoms with Crippen molar-refractivity contribution in [3.8, 4) is 11.5 Å². The summed E-state index contributed by atoms with van der Waals surface area (Å²) in [4.78, 5) is 0. The molecule has 0 atom stereocenters. The first kappa shape index (κ1) is 12.6. The van der Waals surface area contributed by atoms with Crippen molar-refractivity contribution in [2.24, 2.45) is 0 Å². The summed E-state index contributed by atoms with van der Waals surface area (Å²) < 4.78 is 11.5. The minimum absolute atomic E-state index is 0.109. The molecular weight excluding hydrogens is 236 g/mol. The van der Waals surface area contributed by atoms with Gasteiger partial charge in [0.25, 0.3) is 0 Å². The molecule has 1 heterocycles. The van der Waals surface area contributed by atoms with Crippen LogP contribution in [0.1, 0.15) is 37.0 Å². The van der Waals surface area contributed by atoms with Gasteiger partial charge in [0.15, 0.2) is 0 Å². The predicted molar refractivity (Wildman–Crippen MR) is 70.5 cm³/mol. The van der Waals surface area contributed by atoms with Crippen LogP contribution in [0.3, 0.4) is 0 Å². The van der Waals surface area contributed by atoms with Crippen molar-refractivity contribution >= 4 is 11.6 Å². The second-order valence-corrected chi connectivity index (χ2v) is 5.64. The molecule has 0 saturated carbocycles. The van der Waals surface area contributed by atoms with Gasteiger partial charge in [-0.1, -0.05) is 11.6 Å². The number of ether oxygens (including phenoxy) is 2. The SMILES string of the molecule is COc1c(C)c(C)c2c(c1Cl)CCC(C)(C)O2. The zero-order chi connectivity index (χ0) is 12.8. The monoisotopic (exact) mass is 254 g/mol. The van der Waals surface area contributed by atoms with Crippen molar-refractivity contribution in [2.45, 2.75) is 46.1 Å². The molecule has 2 rings (SSSR count). The molecule has 17 heavy (non-hydrogen) atoms. The topological polar surface area (TPSA) is 18.5 Å². The Morgan fingerprint density at radius 1 is 1.24 bits per heavy atom.